The third kappa shape index (κ3) is 3.11. The van der Waals surface area contributed by atoms with E-state index < -0.39 is 5.97 Å². The standard InChI is InChI=1S/C20H22FN3O3/c1-12-7-8-17(15(21)10-12)24-16-6-2-5-14(16)19(22-24)20(27)23-9-3-4-13(23)11-18(25)26/h7-8,10,13H,2-6,9,11H2,1H3,(H,25,26). The number of fused-ring (bicyclic) bond motifs is 1. The van der Waals surface area contributed by atoms with E-state index in [1.165, 1.54) is 6.07 Å². The van der Waals surface area contributed by atoms with Crippen LogP contribution < -0.4 is 0 Å². The second-order valence-corrected chi connectivity index (χ2v) is 7.39. The van der Waals surface area contributed by atoms with Crippen molar-refractivity contribution < 1.29 is 19.1 Å². The van der Waals surface area contributed by atoms with Gasteiger partial charge in [0, 0.05) is 23.8 Å². The van der Waals surface area contributed by atoms with Crippen molar-refractivity contribution in [3.8, 4) is 5.69 Å². The largest absolute Gasteiger partial charge is 0.481 e. The molecule has 1 atom stereocenters. The summed E-state index contributed by atoms with van der Waals surface area (Å²) >= 11 is 0. The maximum atomic E-state index is 14.5. The van der Waals surface area contributed by atoms with Crippen LogP contribution in [0.15, 0.2) is 18.2 Å². The van der Waals surface area contributed by atoms with E-state index in [4.69, 9.17) is 5.11 Å². The smallest absolute Gasteiger partial charge is 0.305 e. The third-order valence-corrected chi connectivity index (χ3v) is 5.51. The fraction of sp³-hybridized carbons (Fsp3) is 0.450. The number of aliphatic carboxylic acids is 1. The SMILES string of the molecule is Cc1ccc(-n2nc(C(=O)N3CCCC3CC(=O)O)c3c2CCC3)c(F)c1. The molecule has 1 unspecified atom stereocenters. The maximum Gasteiger partial charge on any atom is 0.305 e. The molecule has 142 valence electrons. The van der Waals surface area contributed by atoms with Gasteiger partial charge in [-0.25, -0.2) is 9.07 Å². The number of hydrogen-bond acceptors (Lipinski definition) is 3. The Morgan fingerprint density at radius 3 is 2.85 bits per heavy atom. The van der Waals surface area contributed by atoms with Crippen LogP contribution in [0.4, 0.5) is 4.39 Å². The van der Waals surface area contributed by atoms with Crippen LogP contribution in [-0.4, -0.2) is 44.3 Å². The van der Waals surface area contributed by atoms with Crippen molar-refractivity contribution in [2.24, 2.45) is 0 Å². The Balaban J connectivity index is 1.72. The minimum absolute atomic E-state index is 0.0543. The summed E-state index contributed by atoms with van der Waals surface area (Å²) in [6.45, 7) is 2.36. The summed E-state index contributed by atoms with van der Waals surface area (Å²) in [6, 6.07) is 4.68. The van der Waals surface area contributed by atoms with Crippen molar-refractivity contribution in [1.82, 2.24) is 14.7 Å². The van der Waals surface area contributed by atoms with Crippen LogP contribution in [0.1, 0.15) is 53.0 Å². The van der Waals surface area contributed by atoms with Crippen LogP contribution >= 0.6 is 0 Å². The maximum absolute atomic E-state index is 14.5. The average Bonchev–Trinajstić information content (AvgIpc) is 3.30. The van der Waals surface area contributed by atoms with E-state index in [0.29, 0.717) is 24.3 Å². The number of nitrogens with zero attached hydrogens (tertiary/aromatic N) is 3. The number of amides is 1. The Morgan fingerprint density at radius 2 is 2.11 bits per heavy atom. The highest BCUT2D eigenvalue weighted by molar-refractivity contribution is 5.95. The van der Waals surface area contributed by atoms with E-state index in [0.717, 1.165) is 42.5 Å². The molecule has 2 heterocycles. The number of carbonyl (C=O) groups excluding carboxylic acids is 1. The van der Waals surface area contributed by atoms with Crippen LogP contribution in [0.25, 0.3) is 5.69 Å². The molecule has 2 aliphatic rings. The molecule has 1 aromatic heterocycles. The Morgan fingerprint density at radius 1 is 1.30 bits per heavy atom. The van der Waals surface area contributed by atoms with Gasteiger partial charge in [-0.1, -0.05) is 6.07 Å². The van der Waals surface area contributed by atoms with Gasteiger partial charge >= 0.3 is 5.97 Å². The summed E-state index contributed by atoms with van der Waals surface area (Å²) in [4.78, 5) is 25.9. The van der Waals surface area contributed by atoms with Gasteiger partial charge in [0.2, 0.25) is 0 Å². The second-order valence-electron chi connectivity index (χ2n) is 7.39. The third-order valence-electron chi connectivity index (χ3n) is 5.51. The molecule has 1 aliphatic carbocycles. The molecule has 0 saturated carbocycles. The molecular formula is C20H22FN3O3. The number of carboxylic acids is 1. The molecular weight excluding hydrogens is 349 g/mol. The van der Waals surface area contributed by atoms with Crippen molar-refractivity contribution >= 4 is 11.9 Å². The fourth-order valence-electron chi connectivity index (χ4n) is 4.25. The van der Waals surface area contributed by atoms with Crippen molar-refractivity contribution in [3.63, 3.8) is 0 Å². The van der Waals surface area contributed by atoms with Crippen LogP contribution in [0, 0.1) is 12.7 Å². The van der Waals surface area contributed by atoms with Gasteiger partial charge in [-0.15, -0.1) is 0 Å². The number of hydrogen-bond donors (Lipinski definition) is 1. The first-order valence-electron chi connectivity index (χ1n) is 9.35. The second kappa shape index (κ2) is 6.79. The zero-order chi connectivity index (χ0) is 19.1. The van der Waals surface area contributed by atoms with Crippen molar-refractivity contribution in [3.05, 3.63) is 46.5 Å². The van der Waals surface area contributed by atoms with Gasteiger partial charge in [0.1, 0.15) is 11.5 Å². The molecule has 1 saturated heterocycles. The first-order chi connectivity index (χ1) is 13.0. The minimum Gasteiger partial charge on any atom is -0.481 e. The molecule has 1 aromatic carbocycles. The summed E-state index contributed by atoms with van der Waals surface area (Å²) < 4.78 is 16.1. The first-order valence-corrected chi connectivity index (χ1v) is 9.35. The number of likely N-dealkylation sites (tertiary alicyclic amines) is 1. The van der Waals surface area contributed by atoms with Gasteiger partial charge in [-0.3, -0.25) is 9.59 Å². The van der Waals surface area contributed by atoms with Crippen LogP contribution in [-0.2, 0) is 17.6 Å². The Bertz CT molecular complexity index is 921. The van der Waals surface area contributed by atoms with Crippen LogP contribution in [0.5, 0.6) is 0 Å². The lowest BCUT2D eigenvalue weighted by molar-refractivity contribution is -0.137. The number of halogens is 1. The monoisotopic (exact) mass is 371 g/mol. The van der Waals surface area contributed by atoms with Crippen molar-refractivity contribution in [1.29, 1.82) is 0 Å². The van der Waals surface area contributed by atoms with E-state index in [1.807, 2.05) is 13.0 Å². The minimum atomic E-state index is -0.905. The lowest BCUT2D eigenvalue weighted by atomic mass is 10.1. The van der Waals surface area contributed by atoms with Crippen LogP contribution in [0.3, 0.4) is 0 Å². The zero-order valence-electron chi connectivity index (χ0n) is 15.2. The molecule has 0 radical (unpaired) electrons. The molecule has 1 fully saturated rings. The molecule has 0 bridgehead atoms. The van der Waals surface area contributed by atoms with Gasteiger partial charge in [-0.2, -0.15) is 5.10 Å². The van der Waals surface area contributed by atoms with Gasteiger partial charge in [0.25, 0.3) is 5.91 Å². The van der Waals surface area contributed by atoms with Gasteiger partial charge in [-0.05, 0) is 56.7 Å². The summed E-state index contributed by atoms with van der Waals surface area (Å²) in [5.74, 6) is -1.50. The Kier molecular flexibility index (Phi) is 4.45. The molecule has 1 N–H and O–H groups in total. The molecule has 4 rings (SSSR count). The number of benzene rings is 1. The predicted octanol–water partition coefficient (Wildman–Crippen LogP) is 2.89. The molecule has 7 heteroatoms. The first kappa shape index (κ1) is 17.7. The zero-order valence-corrected chi connectivity index (χ0v) is 15.2. The van der Waals surface area contributed by atoms with Gasteiger partial charge < -0.3 is 10.0 Å². The number of rotatable bonds is 4. The molecule has 6 nitrogen and oxygen atoms in total. The summed E-state index contributed by atoms with van der Waals surface area (Å²) in [5, 5.41) is 13.6. The molecule has 1 amide bonds. The van der Waals surface area contributed by atoms with E-state index in [9.17, 15) is 14.0 Å². The number of aromatic nitrogens is 2. The number of carboxylic acid groups (broad SMARTS) is 1. The lowest BCUT2D eigenvalue weighted by Crippen LogP contribution is -2.37. The summed E-state index contributed by atoms with van der Waals surface area (Å²) in [5.41, 5.74) is 3.28. The topological polar surface area (TPSA) is 75.4 Å². The molecule has 1 aliphatic heterocycles. The number of carbonyl (C=O) groups is 2. The summed E-state index contributed by atoms with van der Waals surface area (Å²) in [6.07, 6.45) is 3.82. The van der Waals surface area contributed by atoms with E-state index in [-0.39, 0.29) is 24.2 Å². The van der Waals surface area contributed by atoms with E-state index in [1.54, 1.807) is 15.6 Å². The average molecular weight is 371 g/mol. The predicted molar refractivity (Wildman–Crippen MR) is 96.6 cm³/mol. The lowest BCUT2D eigenvalue weighted by Gasteiger charge is -2.22. The van der Waals surface area contributed by atoms with Gasteiger partial charge in [0.05, 0.1) is 6.42 Å². The van der Waals surface area contributed by atoms with Crippen LogP contribution in [0.2, 0.25) is 0 Å². The Hall–Kier alpha value is -2.70. The molecule has 0 spiro atoms. The van der Waals surface area contributed by atoms with Crippen molar-refractivity contribution in [2.45, 2.75) is 51.5 Å². The molecule has 27 heavy (non-hydrogen) atoms. The quantitative estimate of drug-likeness (QED) is 0.897. The highest BCUT2D eigenvalue weighted by Gasteiger charge is 2.35. The van der Waals surface area contributed by atoms with Crippen molar-refractivity contribution in [2.75, 3.05) is 6.54 Å². The highest BCUT2D eigenvalue weighted by Crippen LogP contribution is 2.31. The molecule has 2 aromatic rings. The van der Waals surface area contributed by atoms with E-state index >= 15 is 0 Å². The normalized spacial score (nSPS) is 18.7. The fourth-order valence-corrected chi connectivity index (χ4v) is 4.25. The highest BCUT2D eigenvalue weighted by atomic mass is 19.1. The Labute approximate surface area is 156 Å². The van der Waals surface area contributed by atoms with Gasteiger partial charge in [0.15, 0.2) is 5.69 Å². The van der Waals surface area contributed by atoms with E-state index in [2.05, 4.69) is 5.10 Å². The summed E-state index contributed by atoms with van der Waals surface area (Å²) in [7, 11) is 0. The number of aryl methyl sites for hydroxylation is 1.